The molecule has 112 valence electrons. The number of hydrogen-bond acceptors (Lipinski definition) is 3. The summed E-state index contributed by atoms with van der Waals surface area (Å²) in [5.41, 5.74) is 3.44. The maximum Gasteiger partial charge on any atom is 0.223 e. The molecule has 1 aliphatic rings. The highest BCUT2D eigenvalue weighted by atomic mass is 16.2. The first-order valence-corrected chi connectivity index (χ1v) is 7.47. The molecule has 5 heteroatoms. The van der Waals surface area contributed by atoms with Crippen LogP contribution in [0.15, 0.2) is 0 Å². The second-order valence-corrected chi connectivity index (χ2v) is 5.71. The van der Waals surface area contributed by atoms with E-state index in [-0.39, 0.29) is 5.91 Å². The SMILES string of the molecule is CNC[C@H]1CCCN1C(=O)CCc1c(C)nn(C)c1C. The third kappa shape index (κ3) is 3.03. The van der Waals surface area contributed by atoms with Gasteiger partial charge in [-0.05, 0) is 45.7 Å². The number of aryl methyl sites for hydroxylation is 2. The molecule has 1 N–H and O–H groups in total. The van der Waals surface area contributed by atoms with Crippen LogP contribution in [-0.2, 0) is 18.3 Å². The lowest BCUT2D eigenvalue weighted by atomic mass is 10.1. The molecule has 5 nitrogen and oxygen atoms in total. The van der Waals surface area contributed by atoms with Crippen LogP contribution in [0, 0.1) is 13.8 Å². The Morgan fingerprint density at radius 1 is 1.45 bits per heavy atom. The quantitative estimate of drug-likeness (QED) is 0.880. The van der Waals surface area contributed by atoms with Gasteiger partial charge in [-0.25, -0.2) is 0 Å². The zero-order valence-corrected chi connectivity index (χ0v) is 13.1. The van der Waals surface area contributed by atoms with Crippen LogP contribution in [0.4, 0.5) is 0 Å². The van der Waals surface area contributed by atoms with E-state index in [0.29, 0.717) is 12.5 Å². The van der Waals surface area contributed by atoms with Crippen molar-refractivity contribution in [2.24, 2.45) is 7.05 Å². The molecule has 1 aromatic heterocycles. The number of aromatic nitrogens is 2. The molecule has 1 aliphatic heterocycles. The minimum absolute atomic E-state index is 0.283. The third-order valence-electron chi connectivity index (χ3n) is 4.38. The Kier molecular flexibility index (Phi) is 4.81. The minimum atomic E-state index is 0.283. The number of likely N-dealkylation sites (N-methyl/N-ethyl adjacent to an activating group) is 1. The number of nitrogens with zero attached hydrogens (tertiary/aromatic N) is 3. The average Bonchev–Trinajstić information content (AvgIpc) is 2.95. The molecule has 1 amide bonds. The van der Waals surface area contributed by atoms with Crippen molar-refractivity contribution in [3.8, 4) is 0 Å². The van der Waals surface area contributed by atoms with E-state index in [4.69, 9.17) is 0 Å². The normalized spacial score (nSPS) is 18.8. The highest BCUT2D eigenvalue weighted by Gasteiger charge is 2.27. The zero-order valence-electron chi connectivity index (χ0n) is 13.1. The number of carbonyl (C=O) groups is 1. The van der Waals surface area contributed by atoms with Gasteiger partial charge in [0.05, 0.1) is 5.69 Å². The van der Waals surface area contributed by atoms with Crippen LogP contribution >= 0.6 is 0 Å². The molecule has 1 saturated heterocycles. The lowest BCUT2D eigenvalue weighted by molar-refractivity contribution is -0.131. The zero-order chi connectivity index (χ0) is 14.7. The number of likely N-dealkylation sites (tertiary alicyclic amines) is 1. The van der Waals surface area contributed by atoms with E-state index in [2.05, 4.69) is 22.2 Å². The monoisotopic (exact) mass is 278 g/mol. The summed E-state index contributed by atoms with van der Waals surface area (Å²) in [6, 6.07) is 0.378. The topological polar surface area (TPSA) is 50.2 Å². The van der Waals surface area contributed by atoms with Crippen LogP contribution in [0.2, 0.25) is 0 Å². The Hall–Kier alpha value is -1.36. The van der Waals surface area contributed by atoms with Crippen LogP contribution in [0.1, 0.15) is 36.2 Å². The van der Waals surface area contributed by atoms with E-state index >= 15 is 0 Å². The lowest BCUT2D eigenvalue weighted by Crippen LogP contribution is -2.40. The van der Waals surface area contributed by atoms with Crippen molar-refractivity contribution in [1.29, 1.82) is 0 Å². The predicted octanol–water partition coefficient (Wildman–Crippen LogP) is 1.18. The van der Waals surface area contributed by atoms with Crippen molar-refractivity contribution in [3.05, 3.63) is 17.0 Å². The first-order valence-electron chi connectivity index (χ1n) is 7.47. The van der Waals surface area contributed by atoms with Crippen molar-refractivity contribution in [2.75, 3.05) is 20.1 Å². The summed E-state index contributed by atoms with van der Waals surface area (Å²) < 4.78 is 1.90. The number of rotatable bonds is 5. The maximum absolute atomic E-state index is 12.4. The highest BCUT2D eigenvalue weighted by molar-refractivity contribution is 5.77. The first kappa shape index (κ1) is 15.0. The Balaban J connectivity index is 1.95. The summed E-state index contributed by atoms with van der Waals surface area (Å²) in [5.74, 6) is 0.283. The molecule has 1 atom stereocenters. The fourth-order valence-electron chi connectivity index (χ4n) is 3.17. The first-order chi connectivity index (χ1) is 9.54. The minimum Gasteiger partial charge on any atom is -0.338 e. The van der Waals surface area contributed by atoms with Crippen molar-refractivity contribution >= 4 is 5.91 Å². The van der Waals surface area contributed by atoms with Gasteiger partial charge in [0.2, 0.25) is 5.91 Å². The summed E-state index contributed by atoms with van der Waals surface area (Å²) in [6.07, 6.45) is 3.64. The Bertz CT molecular complexity index is 480. The van der Waals surface area contributed by atoms with Gasteiger partial charge in [-0.15, -0.1) is 0 Å². The number of amides is 1. The molecular formula is C15H26N4O. The molecule has 1 fully saturated rings. The standard InChI is InChI=1S/C15H26N4O/c1-11-14(12(2)18(4)17-11)7-8-15(20)19-9-5-6-13(19)10-16-3/h13,16H,5-10H2,1-4H3/t13-/m1/s1. The van der Waals surface area contributed by atoms with Gasteiger partial charge >= 0.3 is 0 Å². The van der Waals surface area contributed by atoms with Crippen molar-refractivity contribution < 1.29 is 4.79 Å². The Morgan fingerprint density at radius 2 is 2.20 bits per heavy atom. The second-order valence-electron chi connectivity index (χ2n) is 5.71. The van der Waals surface area contributed by atoms with Crippen molar-refractivity contribution in [3.63, 3.8) is 0 Å². The number of nitrogens with one attached hydrogen (secondary N) is 1. The molecule has 0 saturated carbocycles. The van der Waals surface area contributed by atoms with Gasteiger partial charge < -0.3 is 10.2 Å². The van der Waals surface area contributed by atoms with E-state index in [1.54, 1.807) is 0 Å². The average molecular weight is 278 g/mol. The van der Waals surface area contributed by atoms with Crippen LogP contribution in [0.5, 0.6) is 0 Å². The van der Waals surface area contributed by atoms with Crippen molar-refractivity contribution in [1.82, 2.24) is 20.0 Å². The summed E-state index contributed by atoms with van der Waals surface area (Å²) in [7, 11) is 3.90. The molecular weight excluding hydrogens is 252 g/mol. The molecule has 0 spiro atoms. The van der Waals surface area contributed by atoms with Gasteiger partial charge in [-0.1, -0.05) is 0 Å². The summed E-state index contributed by atoms with van der Waals surface area (Å²) in [4.78, 5) is 14.5. The van der Waals surface area contributed by atoms with Crippen LogP contribution < -0.4 is 5.32 Å². The van der Waals surface area contributed by atoms with Crippen LogP contribution in [0.3, 0.4) is 0 Å². The van der Waals surface area contributed by atoms with Gasteiger partial charge in [-0.2, -0.15) is 5.10 Å². The van der Waals surface area contributed by atoms with Crippen LogP contribution in [0.25, 0.3) is 0 Å². The van der Waals surface area contributed by atoms with E-state index in [9.17, 15) is 4.79 Å². The molecule has 0 bridgehead atoms. The van der Waals surface area contributed by atoms with Gasteiger partial charge in [0.1, 0.15) is 0 Å². The fraction of sp³-hybridized carbons (Fsp3) is 0.733. The molecule has 0 aromatic carbocycles. The van der Waals surface area contributed by atoms with E-state index in [1.165, 1.54) is 11.3 Å². The molecule has 20 heavy (non-hydrogen) atoms. The Labute approximate surface area is 121 Å². The van der Waals surface area contributed by atoms with Crippen molar-refractivity contribution in [2.45, 2.75) is 45.6 Å². The summed E-state index contributed by atoms with van der Waals surface area (Å²) >= 11 is 0. The van der Waals surface area contributed by atoms with Crippen LogP contribution in [-0.4, -0.2) is 46.8 Å². The third-order valence-corrected chi connectivity index (χ3v) is 4.38. The molecule has 2 rings (SSSR count). The molecule has 0 aliphatic carbocycles. The summed E-state index contributed by atoms with van der Waals surface area (Å²) in [6.45, 7) is 5.90. The van der Waals surface area contributed by atoms with E-state index < -0.39 is 0 Å². The lowest BCUT2D eigenvalue weighted by Gasteiger charge is -2.24. The summed E-state index contributed by atoms with van der Waals surface area (Å²) in [5, 5.41) is 7.59. The largest absolute Gasteiger partial charge is 0.338 e. The van der Waals surface area contributed by atoms with Gasteiger partial charge in [0.15, 0.2) is 0 Å². The predicted molar refractivity (Wildman–Crippen MR) is 79.7 cm³/mol. The van der Waals surface area contributed by atoms with Gasteiger partial charge in [0, 0.05) is 38.3 Å². The molecule has 1 aromatic rings. The molecule has 0 unspecified atom stereocenters. The van der Waals surface area contributed by atoms with Gasteiger partial charge in [-0.3, -0.25) is 9.48 Å². The number of hydrogen-bond donors (Lipinski definition) is 1. The van der Waals surface area contributed by atoms with E-state index in [1.807, 2.05) is 25.7 Å². The molecule has 2 heterocycles. The fourth-order valence-corrected chi connectivity index (χ4v) is 3.17. The highest BCUT2D eigenvalue weighted by Crippen LogP contribution is 2.20. The number of carbonyl (C=O) groups excluding carboxylic acids is 1. The van der Waals surface area contributed by atoms with Gasteiger partial charge in [0.25, 0.3) is 0 Å². The Morgan fingerprint density at radius 3 is 2.80 bits per heavy atom. The molecule has 0 radical (unpaired) electrons. The van der Waals surface area contributed by atoms with E-state index in [0.717, 1.165) is 38.0 Å². The second kappa shape index (κ2) is 6.39. The maximum atomic E-state index is 12.4. The smallest absolute Gasteiger partial charge is 0.223 e.